The molecule has 0 aliphatic rings. The summed E-state index contributed by atoms with van der Waals surface area (Å²) in [5.41, 5.74) is 2.72. The summed E-state index contributed by atoms with van der Waals surface area (Å²) in [4.78, 5) is 7.53. The summed E-state index contributed by atoms with van der Waals surface area (Å²) < 4.78 is 28.1. The average Bonchev–Trinajstić information content (AvgIpc) is 2.94. The molecule has 108 valence electrons. The van der Waals surface area contributed by atoms with Gasteiger partial charge in [0.2, 0.25) is 5.95 Å². The van der Waals surface area contributed by atoms with E-state index in [0.29, 0.717) is 5.69 Å². The van der Waals surface area contributed by atoms with Crippen molar-refractivity contribution in [2.75, 3.05) is 10.1 Å². The number of hydrogen-bond donors (Lipinski definition) is 3. The number of hydrazine groups is 1. The smallest absolute Gasteiger partial charge is 0.264 e. The topological polar surface area (TPSA) is 110 Å². The number of benzene rings is 1. The Labute approximate surface area is 124 Å². The van der Waals surface area contributed by atoms with Crippen molar-refractivity contribution in [1.82, 2.24) is 9.97 Å². The lowest BCUT2D eigenvalue weighted by atomic mass is 10.2. The molecule has 0 spiro atoms. The van der Waals surface area contributed by atoms with E-state index in [0.717, 1.165) is 10.1 Å². The van der Waals surface area contributed by atoms with Gasteiger partial charge in [0, 0.05) is 10.4 Å². The first-order chi connectivity index (χ1) is 10.1. The normalized spacial score (nSPS) is 11.5. The van der Waals surface area contributed by atoms with Crippen LogP contribution < -0.4 is 16.0 Å². The van der Waals surface area contributed by atoms with Crippen molar-refractivity contribution in [3.05, 3.63) is 42.0 Å². The van der Waals surface area contributed by atoms with Crippen LogP contribution in [0.15, 0.2) is 46.9 Å². The van der Waals surface area contributed by atoms with Crippen LogP contribution in [0.1, 0.15) is 0 Å². The molecule has 21 heavy (non-hydrogen) atoms. The Bertz CT molecular complexity index is 874. The van der Waals surface area contributed by atoms with Crippen LogP contribution in [0.2, 0.25) is 0 Å². The molecule has 0 atom stereocenters. The molecule has 0 saturated carbocycles. The number of fused-ring (bicyclic) bond motifs is 1. The van der Waals surface area contributed by atoms with E-state index in [9.17, 15) is 8.42 Å². The van der Waals surface area contributed by atoms with E-state index in [4.69, 9.17) is 5.84 Å². The third kappa shape index (κ3) is 2.79. The number of hydrogen-bond acceptors (Lipinski definition) is 7. The molecule has 9 heteroatoms. The van der Waals surface area contributed by atoms with Crippen LogP contribution in [0.25, 0.3) is 10.1 Å². The lowest BCUT2D eigenvalue weighted by Gasteiger charge is -2.08. The predicted molar refractivity (Wildman–Crippen MR) is 82.5 cm³/mol. The third-order valence-corrected chi connectivity index (χ3v) is 5.01. The SMILES string of the molecule is NNc1ncc(S(=O)(=O)Nc2ccc3sccc3c2)cn1. The Hall–Kier alpha value is -2.23. The zero-order valence-electron chi connectivity index (χ0n) is 10.6. The number of nitrogens with two attached hydrogens (primary N) is 1. The maximum absolute atomic E-state index is 12.2. The monoisotopic (exact) mass is 321 g/mol. The van der Waals surface area contributed by atoms with Crippen molar-refractivity contribution < 1.29 is 8.42 Å². The van der Waals surface area contributed by atoms with Crippen LogP contribution >= 0.6 is 11.3 Å². The largest absolute Gasteiger partial charge is 0.292 e. The predicted octanol–water partition coefficient (Wildman–Crippen LogP) is 1.78. The van der Waals surface area contributed by atoms with Crippen LogP contribution in [-0.4, -0.2) is 18.4 Å². The van der Waals surface area contributed by atoms with Gasteiger partial charge in [0.05, 0.1) is 12.4 Å². The molecular formula is C12H11N5O2S2. The zero-order chi connectivity index (χ0) is 14.9. The van der Waals surface area contributed by atoms with Gasteiger partial charge in [0.25, 0.3) is 10.0 Å². The molecule has 0 aliphatic heterocycles. The number of rotatable bonds is 4. The van der Waals surface area contributed by atoms with Crippen LogP contribution in [0.4, 0.5) is 11.6 Å². The Morgan fingerprint density at radius 3 is 2.62 bits per heavy atom. The number of nitrogen functional groups attached to an aromatic ring is 1. The summed E-state index contributed by atoms with van der Waals surface area (Å²) in [5.74, 6) is 5.28. The molecule has 1 aromatic carbocycles. The molecule has 0 unspecified atom stereocenters. The van der Waals surface area contributed by atoms with Crippen LogP contribution in [0.3, 0.4) is 0 Å². The van der Waals surface area contributed by atoms with Gasteiger partial charge in [-0.05, 0) is 35.0 Å². The molecule has 0 fully saturated rings. The Balaban J connectivity index is 1.90. The standard InChI is InChI=1S/C12H11N5O2S2/c13-16-12-14-6-10(7-15-12)21(18,19)17-9-1-2-11-8(5-9)3-4-20-11/h1-7,17H,13H2,(H,14,15,16). The Morgan fingerprint density at radius 1 is 1.14 bits per heavy atom. The van der Waals surface area contributed by atoms with Gasteiger partial charge < -0.3 is 0 Å². The summed E-state index contributed by atoms with van der Waals surface area (Å²) in [6.45, 7) is 0. The first-order valence-electron chi connectivity index (χ1n) is 5.87. The number of aromatic nitrogens is 2. The molecule has 2 heterocycles. The van der Waals surface area contributed by atoms with Crippen LogP contribution in [-0.2, 0) is 10.0 Å². The molecule has 3 rings (SSSR count). The Kier molecular flexibility index (Phi) is 3.45. The lowest BCUT2D eigenvalue weighted by Crippen LogP contribution is -2.15. The van der Waals surface area contributed by atoms with Gasteiger partial charge in [-0.15, -0.1) is 11.3 Å². The quantitative estimate of drug-likeness (QED) is 0.499. The third-order valence-electron chi connectivity index (χ3n) is 2.77. The molecule has 2 aromatic heterocycles. The number of anilines is 2. The Morgan fingerprint density at radius 2 is 1.90 bits per heavy atom. The highest BCUT2D eigenvalue weighted by molar-refractivity contribution is 7.92. The van der Waals surface area contributed by atoms with Crippen molar-refractivity contribution in [3.8, 4) is 0 Å². The van der Waals surface area contributed by atoms with Gasteiger partial charge in [-0.1, -0.05) is 0 Å². The van der Waals surface area contributed by atoms with Gasteiger partial charge in [0.1, 0.15) is 4.90 Å². The van der Waals surface area contributed by atoms with Gasteiger partial charge >= 0.3 is 0 Å². The molecule has 0 amide bonds. The molecule has 3 aromatic rings. The van der Waals surface area contributed by atoms with Gasteiger partial charge in [-0.2, -0.15) is 0 Å². The van der Waals surface area contributed by atoms with Gasteiger partial charge in [0.15, 0.2) is 0 Å². The first-order valence-corrected chi connectivity index (χ1v) is 8.23. The van der Waals surface area contributed by atoms with E-state index in [2.05, 4.69) is 20.1 Å². The fourth-order valence-corrected chi connectivity index (χ4v) is 3.48. The van der Waals surface area contributed by atoms with E-state index < -0.39 is 10.0 Å². The second-order valence-corrected chi connectivity index (χ2v) is 6.80. The molecule has 0 aliphatic carbocycles. The number of thiophene rings is 1. The van der Waals surface area contributed by atoms with E-state index in [1.165, 1.54) is 12.4 Å². The maximum atomic E-state index is 12.2. The van der Waals surface area contributed by atoms with E-state index >= 15 is 0 Å². The second-order valence-electron chi connectivity index (χ2n) is 4.17. The summed E-state index contributed by atoms with van der Waals surface area (Å²) >= 11 is 1.60. The molecular weight excluding hydrogens is 310 g/mol. The molecule has 0 saturated heterocycles. The average molecular weight is 321 g/mol. The van der Waals surface area contributed by atoms with E-state index in [1.54, 1.807) is 23.5 Å². The second kappa shape index (κ2) is 5.28. The fraction of sp³-hybridized carbons (Fsp3) is 0. The summed E-state index contributed by atoms with van der Waals surface area (Å²) in [5, 5.41) is 2.94. The van der Waals surface area contributed by atoms with Gasteiger partial charge in [-0.3, -0.25) is 10.1 Å². The van der Waals surface area contributed by atoms with Crippen molar-refractivity contribution in [3.63, 3.8) is 0 Å². The maximum Gasteiger partial charge on any atom is 0.264 e. The van der Waals surface area contributed by atoms with Crippen molar-refractivity contribution in [2.24, 2.45) is 5.84 Å². The molecule has 4 N–H and O–H groups in total. The number of nitrogens with one attached hydrogen (secondary N) is 2. The highest BCUT2D eigenvalue weighted by Gasteiger charge is 2.15. The summed E-state index contributed by atoms with van der Waals surface area (Å²) in [6, 6.07) is 7.30. The minimum Gasteiger partial charge on any atom is -0.292 e. The highest BCUT2D eigenvalue weighted by atomic mass is 32.2. The summed E-state index contributed by atoms with van der Waals surface area (Å²) in [6.07, 6.45) is 2.38. The fourth-order valence-electron chi connectivity index (χ4n) is 1.77. The van der Waals surface area contributed by atoms with Gasteiger partial charge in [-0.25, -0.2) is 24.2 Å². The molecule has 0 bridgehead atoms. The van der Waals surface area contributed by atoms with Crippen molar-refractivity contribution in [1.29, 1.82) is 0 Å². The number of nitrogens with zero attached hydrogens (tertiary/aromatic N) is 2. The molecule has 0 radical (unpaired) electrons. The van der Waals surface area contributed by atoms with Crippen LogP contribution in [0.5, 0.6) is 0 Å². The zero-order valence-corrected chi connectivity index (χ0v) is 12.3. The van der Waals surface area contributed by atoms with E-state index in [1.807, 2.05) is 17.5 Å². The first kappa shape index (κ1) is 13.7. The van der Waals surface area contributed by atoms with E-state index in [-0.39, 0.29) is 10.8 Å². The van der Waals surface area contributed by atoms with Crippen LogP contribution in [0, 0.1) is 0 Å². The van der Waals surface area contributed by atoms with Crippen molar-refractivity contribution in [2.45, 2.75) is 4.90 Å². The lowest BCUT2D eigenvalue weighted by molar-refractivity contribution is 0.600. The van der Waals surface area contributed by atoms with Crippen molar-refractivity contribution >= 4 is 43.1 Å². The minimum atomic E-state index is -3.73. The highest BCUT2D eigenvalue weighted by Crippen LogP contribution is 2.25. The molecule has 7 nitrogen and oxygen atoms in total. The minimum absolute atomic E-state index is 0.0353. The summed E-state index contributed by atoms with van der Waals surface area (Å²) in [7, 11) is -3.73. The number of sulfonamides is 1.